The monoisotopic (exact) mass is 444 g/mol. The van der Waals surface area contributed by atoms with Gasteiger partial charge in [-0.2, -0.15) is 0 Å². The van der Waals surface area contributed by atoms with Crippen LogP contribution >= 0.6 is 11.6 Å². The van der Waals surface area contributed by atoms with E-state index in [1.165, 1.54) is 4.90 Å². The standard InChI is InChI=1S/C27H25ClN2O2/c1-16-9-10-22(19(4)12-16)24-25(29-21-13-17(2)11-18(3)14-21)27(32)30(26(24)31)15-20-7-5-6-8-23(20)28/h5-14,29H,15H2,1-4H3. The molecule has 1 heterocycles. The molecule has 5 heteroatoms. The first-order valence-electron chi connectivity index (χ1n) is 10.5. The van der Waals surface area contributed by atoms with Gasteiger partial charge in [-0.05, 0) is 73.7 Å². The summed E-state index contributed by atoms with van der Waals surface area (Å²) in [6.07, 6.45) is 0. The summed E-state index contributed by atoms with van der Waals surface area (Å²) >= 11 is 6.32. The van der Waals surface area contributed by atoms with Crippen LogP contribution in [-0.4, -0.2) is 16.7 Å². The molecule has 0 bridgehead atoms. The second kappa shape index (κ2) is 8.64. The average Bonchev–Trinajstić information content (AvgIpc) is 2.93. The molecule has 0 radical (unpaired) electrons. The number of amides is 2. The zero-order valence-electron chi connectivity index (χ0n) is 18.6. The van der Waals surface area contributed by atoms with Crippen LogP contribution in [0.1, 0.15) is 33.4 Å². The van der Waals surface area contributed by atoms with E-state index < -0.39 is 0 Å². The number of nitrogens with zero attached hydrogens (tertiary/aromatic N) is 1. The van der Waals surface area contributed by atoms with Gasteiger partial charge in [0.25, 0.3) is 11.8 Å². The molecule has 4 rings (SSSR count). The van der Waals surface area contributed by atoms with E-state index >= 15 is 0 Å². The Kier molecular flexibility index (Phi) is 5.90. The molecule has 3 aromatic carbocycles. The molecule has 4 nitrogen and oxygen atoms in total. The lowest BCUT2D eigenvalue weighted by atomic mass is 9.97. The fraction of sp³-hybridized carbons (Fsp3) is 0.185. The van der Waals surface area contributed by atoms with Crippen LogP contribution in [-0.2, 0) is 16.1 Å². The molecule has 1 aliphatic heterocycles. The van der Waals surface area contributed by atoms with Gasteiger partial charge >= 0.3 is 0 Å². The van der Waals surface area contributed by atoms with E-state index in [0.717, 1.165) is 39.1 Å². The van der Waals surface area contributed by atoms with E-state index in [9.17, 15) is 9.59 Å². The summed E-state index contributed by atoms with van der Waals surface area (Å²) in [5.74, 6) is -0.683. The summed E-state index contributed by atoms with van der Waals surface area (Å²) in [7, 11) is 0. The van der Waals surface area contributed by atoms with E-state index in [-0.39, 0.29) is 18.4 Å². The largest absolute Gasteiger partial charge is 0.350 e. The van der Waals surface area contributed by atoms with E-state index in [1.807, 2.05) is 76.2 Å². The smallest absolute Gasteiger partial charge is 0.278 e. The van der Waals surface area contributed by atoms with Gasteiger partial charge in [0.15, 0.2) is 0 Å². The summed E-state index contributed by atoms with van der Waals surface area (Å²) in [4.78, 5) is 28.3. The van der Waals surface area contributed by atoms with Gasteiger partial charge in [0, 0.05) is 10.7 Å². The van der Waals surface area contributed by atoms with E-state index in [4.69, 9.17) is 11.6 Å². The number of carbonyl (C=O) groups excluding carboxylic acids is 2. The summed E-state index contributed by atoms with van der Waals surface area (Å²) in [6.45, 7) is 8.08. The lowest BCUT2D eigenvalue weighted by Gasteiger charge is -2.16. The van der Waals surface area contributed by atoms with Crippen molar-refractivity contribution in [3.63, 3.8) is 0 Å². The first kappa shape index (κ1) is 21.8. The van der Waals surface area contributed by atoms with E-state index in [1.54, 1.807) is 6.07 Å². The zero-order chi connectivity index (χ0) is 23.0. The molecule has 0 unspecified atom stereocenters. The molecule has 1 N–H and O–H groups in total. The molecule has 0 aromatic heterocycles. The highest BCUT2D eigenvalue weighted by Gasteiger charge is 2.40. The third-order valence-corrected chi connectivity index (χ3v) is 5.97. The van der Waals surface area contributed by atoms with Crippen LogP contribution in [0, 0.1) is 27.7 Å². The topological polar surface area (TPSA) is 49.4 Å². The third kappa shape index (κ3) is 4.19. The maximum Gasteiger partial charge on any atom is 0.278 e. The fourth-order valence-electron chi connectivity index (χ4n) is 4.17. The Morgan fingerprint density at radius 2 is 1.50 bits per heavy atom. The van der Waals surface area contributed by atoms with Crippen molar-refractivity contribution in [1.29, 1.82) is 0 Å². The second-order valence-electron chi connectivity index (χ2n) is 8.36. The van der Waals surface area contributed by atoms with Crippen molar-refractivity contribution in [1.82, 2.24) is 4.90 Å². The van der Waals surface area contributed by atoms with Crippen LogP contribution in [0.25, 0.3) is 5.57 Å². The van der Waals surface area contributed by atoms with Crippen LogP contribution in [0.4, 0.5) is 5.69 Å². The maximum atomic E-state index is 13.6. The van der Waals surface area contributed by atoms with E-state index in [2.05, 4.69) is 11.4 Å². The number of benzene rings is 3. The van der Waals surface area contributed by atoms with Crippen molar-refractivity contribution in [3.8, 4) is 0 Å². The Morgan fingerprint density at radius 1 is 0.812 bits per heavy atom. The van der Waals surface area contributed by atoms with Crippen LogP contribution in [0.2, 0.25) is 5.02 Å². The number of halogens is 1. The fourth-order valence-corrected chi connectivity index (χ4v) is 4.36. The van der Waals surface area contributed by atoms with Gasteiger partial charge in [-0.3, -0.25) is 14.5 Å². The van der Waals surface area contributed by atoms with Gasteiger partial charge in [0.1, 0.15) is 5.70 Å². The van der Waals surface area contributed by atoms with Crippen molar-refractivity contribution in [3.05, 3.63) is 105 Å². The van der Waals surface area contributed by atoms with Gasteiger partial charge in [-0.1, -0.05) is 59.6 Å². The minimum atomic E-state index is -0.357. The normalized spacial score (nSPS) is 13.8. The minimum Gasteiger partial charge on any atom is -0.350 e. The highest BCUT2D eigenvalue weighted by molar-refractivity contribution is 6.37. The third-order valence-electron chi connectivity index (χ3n) is 5.60. The Hall–Kier alpha value is -3.37. The molecule has 1 aliphatic rings. The molecule has 162 valence electrons. The van der Waals surface area contributed by atoms with Gasteiger partial charge in [0.2, 0.25) is 0 Å². The number of hydrogen-bond acceptors (Lipinski definition) is 3. The Balaban J connectivity index is 1.81. The molecule has 0 spiro atoms. The Labute approximate surface area is 193 Å². The van der Waals surface area contributed by atoms with Crippen molar-refractivity contribution in [2.24, 2.45) is 0 Å². The number of imide groups is 1. The molecule has 0 saturated carbocycles. The molecule has 0 saturated heterocycles. The molecule has 32 heavy (non-hydrogen) atoms. The number of anilines is 1. The average molecular weight is 445 g/mol. The summed E-state index contributed by atoms with van der Waals surface area (Å²) in [5, 5.41) is 3.78. The van der Waals surface area contributed by atoms with Crippen LogP contribution in [0.5, 0.6) is 0 Å². The summed E-state index contributed by atoms with van der Waals surface area (Å²) in [6, 6.07) is 19.1. The van der Waals surface area contributed by atoms with Gasteiger partial charge in [-0.15, -0.1) is 0 Å². The summed E-state index contributed by atoms with van der Waals surface area (Å²) < 4.78 is 0. The molecular formula is C27H25ClN2O2. The molecule has 0 atom stereocenters. The number of nitrogens with one attached hydrogen (secondary N) is 1. The van der Waals surface area contributed by atoms with Crippen molar-refractivity contribution in [2.75, 3.05) is 5.32 Å². The predicted octanol–water partition coefficient (Wildman–Crippen LogP) is 5.97. The molecule has 0 aliphatic carbocycles. The van der Waals surface area contributed by atoms with E-state index in [0.29, 0.717) is 16.3 Å². The minimum absolute atomic E-state index is 0.115. The Morgan fingerprint density at radius 3 is 2.16 bits per heavy atom. The molecule has 3 aromatic rings. The van der Waals surface area contributed by atoms with Crippen molar-refractivity contribution < 1.29 is 9.59 Å². The highest BCUT2D eigenvalue weighted by Crippen LogP contribution is 2.34. The first-order chi connectivity index (χ1) is 15.2. The predicted molar refractivity (Wildman–Crippen MR) is 129 cm³/mol. The quantitative estimate of drug-likeness (QED) is 0.493. The van der Waals surface area contributed by atoms with Gasteiger partial charge in [-0.25, -0.2) is 0 Å². The summed E-state index contributed by atoms with van der Waals surface area (Å²) in [5.41, 5.74) is 7.13. The highest BCUT2D eigenvalue weighted by atomic mass is 35.5. The first-order valence-corrected chi connectivity index (χ1v) is 10.9. The number of carbonyl (C=O) groups is 2. The number of hydrogen-bond donors (Lipinski definition) is 1. The lowest BCUT2D eigenvalue weighted by Crippen LogP contribution is -2.32. The van der Waals surface area contributed by atoms with Crippen LogP contribution in [0.3, 0.4) is 0 Å². The van der Waals surface area contributed by atoms with Gasteiger partial charge < -0.3 is 5.32 Å². The maximum absolute atomic E-state index is 13.6. The van der Waals surface area contributed by atoms with Crippen molar-refractivity contribution in [2.45, 2.75) is 34.2 Å². The number of aryl methyl sites for hydroxylation is 4. The van der Waals surface area contributed by atoms with Gasteiger partial charge in [0.05, 0.1) is 12.1 Å². The lowest BCUT2D eigenvalue weighted by molar-refractivity contribution is -0.137. The number of rotatable bonds is 5. The molecular weight excluding hydrogens is 420 g/mol. The Bertz CT molecular complexity index is 1260. The second-order valence-corrected chi connectivity index (χ2v) is 8.76. The molecule has 0 fully saturated rings. The zero-order valence-corrected chi connectivity index (χ0v) is 19.4. The van der Waals surface area contributed by atoms with Crippen LogP contribution in [0.15, 0.2) is 66.4 Å². The molecule has 2 amide bonds. The van der Waals surface area contributed by atoms with Crippen molar-refractivity contribution >= 4 is 34.7 Å². The van der Waals surface area contributed by atoms with Crippen LogP contribution < -0.4 is 5.32 Å². The SMILES string of the molecule is Cc1cc(C)cc(NC2=C(c3ccc(C)cc3C)C(=O)N(Cc3ccccc3Cl)C2=O)c1.